The quantitative estimate of drug-likeness (QED) is 0.836. The van der Waals surface area contributed by atoms with Gasteiger partial charge in [0.05, 0.1) is 7.11 Å². The van der Waals surface area contributed by atoms with Crippen LogP contribution in [-0.2, 0) is 21.2 Å². The summed E-state index contributed by atoms with van der Waals surface area (Å²) in [7, 11) is -0.285. The van der Waals surface area contributed by atoms with Gasteiger partial charge in [0.15, 0.2) is 14.6 Å². The highest BCUT2D eigenvalue weighted by Crippen LogP contribution is 2.31. The van der Waals surface area contributed by atoms with Crippen molar-refractivity contribution in [2.24, 2.45) is 0 Å². The van der Waals surface area contributed by atoms with E-state index in [2.05, 4.69) is 5.32 Å². The van der Waals surface area contributed by atoms with Crippen molar-refractivity contribution >= 4 is 28.2 Å². The number of benzene rings is 1. The molecule has 2 rings (SSSR count). The number of halogens is 1. The topological polar surface area (TPSA) is 75.7 Å². The van der Waals surface area contributed by atoms with E-state index in [9.17, 15) is 13.2 Å². The monoisotopic (exact) mass is 376 g/mol. The van der Waals surface area contributed by atoms with Gasteiger partial charge in [-0.05, 0) is 32.0 Å². The van der Waals surface area contributed by atoms with Gasteiger partial charge in [-0.3, -0.25) is 4.79 Å². The van der Waals surface area contributed by atoms with Crippen molar-refractivity contribution in [1.82, 2.24) is 10.2 Å². The molecule has 0 bridgehead atoms. The van der Waals surface area contributed by atoms with Gasteiger partial charge >= 0.3 is 0 Å². The van der Waals surface area contributed by atoms with Crippen LogP contribution in [-0.4, -0.2) is 57.5 Å². The van der Waals surface area contributed by atoms with E-state index in [1.807, 2.05) is 24.3 Å². The van der Waals surface area contributed by atoms with E-state index in [0.717, 1.165) is 11.8 Å². The molecule has 0 spiro atoms. The third-order valence-electron chi connectivity index (χ3n) is 4.46. The zero-order valence-corrected chi connectivity index (χ0v) is 15.9. The van der Waals surface area contributed by atoms with Crippen molar-refractivity contribution in [1.29, 1.82) is 0 Å². The van der Waals surface area contributed by atoms with Crippen LogP contribution in [0.4, 0.5) is 0 Å². The Kier molecular flexibility index (Phi) is 7.07. The minimum atomic E-state index is -3.50. The molecule has 1 aromatic carbocycles. The van der Waals surface area contributed by atoms with E-state index in [0.29, 0.717) is 38.2 Å². The average molecular weight is 377 g/mol. The molecule has 0 saturated carbocycles. The molecule has 6 nitrogen and oxygen atoms in total. The largest absolute Gasteiger partial charge is 0.496 e. The SMILES string of the molecule is COc1ccccc1CN(C)C(=O)C1(S(C)(=O)=O)CCNCC1.Cl. The number of sulfone groups is 1. The molecular weight excluding hydrogens is 352 g/mol. The number of amides is 1. The van der Waals surface area contributed by atoms with Gasteiger partial charge in [0.1, 0.15) is 5.75 Å². The maximum absolute atomic E-state index is 12.9. The number of hydrogen-bond acceptors (Lipinski definition) is 5. The molecule has 136 valence electrons. The zero-order valence-electron chi connectivity index (χ0n) is 14.2. The first-order valence-electron chi connectivity index (χ1n) is 7.59. The van der Waals surface area contributed by atoms with Gasteiger partial charge in [0.25, 0.3) is 0 Å². The van der Waals surface area contributed by atoms with Crippen LogP contribution in [0.15, 0.2) is 24.3 Å². The lowest BCUT2D eigenvalue weighted by Crippen LogP contribution is -2.57. The first kappa shape index (κ1) is 20.7. The van der Waals surface area contributed by atoms with Crippen LogP contribution in [0, 0.1) is 0 Å². The lowest BCUT2D eigenvalue weighted by atomic mass is 9.95. The molecule has 1 amide bonds. The van der Waals surface area contributed by atoms with Crippen LogP contribution in [0.5, 0.6) is 5.75 Å². The van der Waals surface area contributed by atoms with Gasteiger partial charge in [-0.25, -0.2) is 8.42 Å². The number of carbonyl (C=O) groups is 1. The molecule has 24 heavy (non-hydrogen) atoms. The van der Waals surface area contributed by atoms with E-state index in [4.69, 9.17) is 4.74 Å². The third kappa shape index (κ3) is 4.02. The number of methoxy groups -OCH3 is 1. The molecular formula is C16H25ClN2O4S. The molecule has 1 aromatic rings. The Morgan fingerprint density at radius 2 is 1.88 bits per heavy atom. The lowest BCUT2D eigenvalue weighted by Gasteiger charge is -2.37. The molecule has 1 aliphatic rings. The van der Waals surface area contributed by atoms with E-state index < -0.39 is 14.6 Å². The Balaban J connectivity index is 0.00000288. The Morgan fingerprint density at radius 1 is 1.29 bits per heavy atom. The van der Waals surface area contributed by atoms with Crippen LogP contribution in [0.1, 0.15) is 18.4 Å². The van der Waals surface area contributed by atoms with Crippen molar-refractivity contribution in [2.45, 2.75) is 24.1 Å². The summed E-state index contributed by atoms with van der Waals surface area (Å²) in [5, 5.41) is 3.12. The second-order valence-electron chi connectivity index (χ2n) is 5.99. The predicted octanol–water partition coefficient (Wildman–Crippen LogP) is 1.24. The van der Waals surface area contributed by atoms with Crippen molar-refractivity contribution in [2.75, 3.05) is 33.5 Å². The second-order valence-corrected chi connectivity index (χ2v) is 8.32. The van der Waals surface area contributed by atoms with Crippen LogP contribution in [0.3, 0.4) is 0 Å². The standard InChI is InChI=1S/C16H24N2O4S.ClH/c1-18(12-13-6-4-5-7-14(13)22-2)15(19)16(23(3,20)21)8-10-17-11-9-16;/h4-7,17H,8-12H2,1-3H3;1H. The minimum Gasteiger partial charge on any atom is -0.496 e. The highest BCUT2D eigenvalue weighted by molar-refractivity contribution is 7.92. The van der Waals surface area contributed by atoms with Gasteiger partial charge in [0.2, 0.25) is 5.91 Å². The number of para-hydroxylation sites is 1. The molecule has 1 fully saturated rings. The summed E-state index contributed by atoms with van der Waals surface area (Å²) in [5.41, 5.74) is 0.850. The van der Waals surface area contributed by atoms with Crippen molar-refractivity contribution in [3.05, 3.63) is 29.8 Å². The maximum Gasteiger partial charge on any atom is 0.244 e. The summed E-state index contributed by atoms with van der Waals surface area (Å²) in [6.45, 7) is 1.37. The normalized spacial score (nSPS) is 16.8. The molecule has 0 atom stereocenters. The third-order valence-corrected chi connectivity index (χ3v) is 6.46. The summed E-state index contributed by atoms with van der Waals surface area (Å²) >= 11 is 0. The lowest BCUT2D eigenvalue weighted by molar-refractivity contribution is -0.134. The number of nitrogens with zero attached hydrogens (tertiary/aromatic N) is 1. The molecule has 0 aliphatic carbocycles. The highest BCUT2D eigenvalue weighted by Gasteiger charge is 2.49. The molecule has 0 unspecified atom stereocenters. The summed E-state index contributed by atoms with van der Waals surface area (Å²) in [6, 6.07) is 7.42. The molecule has 1 heterocycles. The number of nitrogens with one attached hydrogen (secondary N) is 1. The number of piperidine rings is 1. The summed E-state index contributed by atoms with van der Waals surface area (Å²) < 4.78 is 28.6. The van der Waals surface area contributed by atoms with E-state index in [1.54, 1.807) is 14.2 Å². The van der Waals surface area contributed by atoms with Crippen LogP contribution in [0.25, 0.3) is 0 Å². The zero-order chi connectivity index (χ0) is 17.1. The van der Waals surface area contributed by atoms with Gasteiger partial charge in [-0.2, -0.15) is 0 Å². The fourth-order valence-corrected chi connectivity index (χ4v) is 4.50. The number of hydrogen-bond donors (Lipinski definition) is 1. The van der Waals surface area contributed by atoms with E-state index >= 15 is 0 Å². The van der Waals surface area contributed by atoms with Gasteiger partial charge in [0, 0.05) is 25.4 Å². The van der Waals surface area contributed by atoms with Crippen LogP contribution >= 0.6 is 12.4 Å². The predicted molar refractivity (Wildman–Crippen MR) is 96.4 cm³/mol. The highest BCUT2D eigenvalue weighted by atomic mass is 35.5. The molecule has 0 radical (unpaired) electrons. The molecule has 0 aromatic heterocycles. The Morgan fingerprint density at radius 3 is 2.42 bits per heavy atom. The van der Waals surface area contributed by atoms with Crippen LogP contribution < -0.4 is 10.1 Å². The van der Waals surface area contributed by atoms with Crippen molar-refractivity contribution in [3.63, 3.8) is 0 Å². The fraction of sp³-hybridized carbons (Fsp3) is 0.562. The van der Waals surface area contributed by atoms with Crippen LogP contribution in [0.2, 0.25) is 0 Å². The van der Waals surface area contributed by atoms with Gasteiger partial charge in [-0.15, -0.1) is 12.4 Å². The van der Waals surface area contributed by atoms with E-state index in [-0.39, 0.29) is 18.3 Å². The molecule has 8 heteroatoms. The van der Waals surface area contributed by atoms with Gasteiger partial charge in [-0.1, -0.05) is 18.2 Å². The van der Waals surface area contributed by atoms with Gasteiger partial charge < -0.3 is 15.0 Å². The Bertz CT molecular complexity index is 672. The number of ether oxygens (including phenoxy) is 1. The maximum atomic E-state index is 12.9. The summed E-state index contributed by atoms with van der Waals surface area (Å²) in [5.74, 6) is 0.346. The molecule has 1 saturated heterocycles. The number of rotatable bonds is 5. The van der Waals surface area contributed by atoms with Crippen molar-refractivity contribution < 1.29 is 17.9 Å². The average Bonchev–Trinajstić information content (AvgIpc) is 2.54. The van der Waals surface area contributed by atoms with Crippen molar-refractivity contribution in [3.8, 4) is 5.75 Å². The smallest absolute Gasteiger partial charge is 0.244 e. The minimum absolute atomic E-state index is 0. The first-order valence-corrected chi connectivity index (χ1v) is 9.49. The summed E-state index contributed by atoms with van der Waals surface area (Å²) in [4.78, 5) is 14.4. The number of carbonyl (C=O) groups excluding carboxylic acids is 1. The van der Waals surface area contributed by atoms with E-state index in [1.165, 1.54) is 4.90 Å². The molecule has 1 aliphatic heterocycles. The second kappa shape index (κ2) is 8.18. The Labute approximate surface area is 149 Å². The first-order chi connectivity index (χ1) is 10.8. The fourth-order valence-electron chi connectivity index (χ4n) is 3.08. The Hall–Kier alpha value is -1.31. The summed E-state index contributed by atoms with van der Waals surface area (Å²) in [6.07, 6.45) is 1.77. The molecule has 1 N–H and O–H groups in total.